The van der Waals surface area contributed by atoms with Crippen molar-refractivity contribution in [3.05, 3.63) is 30.0 Å². The highest BCUT2D eigenvalue weighted by Gasteiger charge is 2.44. The second-order valence-corrected chi connectivity index (χ2v) is 13.6. The Morgan fingerprint density at radius 1 is 1.12 bits per heavy atom. The molecule has 0 amide bonds. The first-order valence-electron chi connectivity index (χ1n) is 17.1. The van der Waals surface area contributed by atoms with E-state index < -0.39 is 0 Å². The van der Waals surface area contributed by atoms with Crippen LogP contribution in [0, 0.1) is 23.2 Å². The van der Waals surface area contributed by atoms with Crippen molar-refractivity contribution in [2.45, 2.75) is 43.6 Å². The minimum absolute atomic E-state index is 0.0182. The van der Waals surface area contributed by atoms with Gasteiger partial charge in [-0.2, -0.15) is 5.10 Å². The van der Waals surface area contributed by atoms with Crippen molar-refractivity contribution in [1.82, 2.24) is 10.3 Å². The molecule has 0 aromatic heterocycles. The van der Waals surface area contributed by atoms with Crippen molar-refractivity contribution in [2.24, 2.45) is 20.5 Å². The van der Waals surface area contributed by atoms with E-state index in [0.29, 0.717) is 77.4 Å². The quantitative estimate of drug-likeness (QED) is 0.0769. The van der Waals surface area contributed by atoms with E-state index in [2.05, 4.69) is 37.7 Å². The van der Waals surface area contributed by atoms with Gasteiger partial charge in [-0.3, -0.25) is 10.4 Å². The molecule has 50 heavy (non-hydrogen) atoms. The number of benzene rings is 1. The molecular formula is C35H50ClN7O6S. The highest BCUT2D eigenvalue weighted by atomic mass is 35.5. The molecule has 1 saturated heterocycles. The second-order valence-electron chi connectivity index (χ2n) is 12.1. The van der Waals surface area contributed by atoms with E-state index in [1.807, 2.05) is 19.1 Å². The number of ether oxygens (including phenoxy) is 6. The number of hydrazone groups is 1. The maximum Gasteiger partial charge on any atom is 0.216 e. The van der Waals surface area contributed by atoms with E-state index in [9.17, 15) is 0 Å². The second kappa shape index (κ2) is 22.5. The lowest BCUT2D eigenvalue weighted by molar-refractivity contribution is -0.00187. The van der Waals surface area contributed by atoms with Crippen molar-refractivity contribution in [3.8, 4) is 18.1 Å². The number of nitrogens with one attached hydrogen (secondary N) is 3. The average molecular weight is 732 g/mol. The van der Waals surface area contributed by atoms with Crippen LogP contribution >= 0.6 is 23.4 Å². The van der Waals surface area contributed by atoms with Gasteiger partial charge in [0.25, 0.3) is 0 Å². The fourth-order valence-electron chi connectivity index (χ4n) is 5.53. The van der Waals surface area contributed by atoms with E-state index >= 15 is 0 Å². The number of halogens is 1. The molecule has 3 heterocycles. The number of aliphatic imine (C=N–C) groups is 2. The first kappa shape index (κ1) is 39.5. The minimum Gasteiger partial charge on any atom is -0.498 e. The molecule has 3 aliphatic rings. The van der Waals surface area contributed by atoms with Gasteiger partial charge >= 0.3 is 0 Å². The standard InChI is InChI=1S/C35H50ClN7O6S/c1-3-11-44-12-13-45-14-15-46-16-17-47-18-19-48-30-7-8-31-32(21-30)50-20-5-9-35(24-38-27-39-31)25-43(26-35)33(42-34(36)37)29-22-41-40-10-4-6-28(2)49-23-29/h1,7-8,21-23,27-28,37,40H,4-6,9-20,24-26H2,2H3,(H,38,39)/b29-23+,37-34?,41-22-,42-33+. The first-order chi connectivity index (χ1) is 24.5. The molecule has 1 fully saturated rings. The summed E-state index contributed by atoms with van der Waals surface area (Å²) in [5, 5.41) is 15.3. The van der Waals surface area contributed by atoms with Gasteiger partial charge in [0.05, 0.1) is 82.4 Å². The summed E-state index contributed by atoms with van der Waals surface area (Å²) in [5.41, 5.74) is 4.73. The van der Waals surface area contributed by atoms with Crippen LogP contribution in [-0.2, 0) is 23.7 Å². The molecule has 0 aliphatic carbocycles. The molecule has 1 spiro atoms. The highest BCUT2D eigenvalue weighted by molar-refractivity contribution is 7.99. The van der Waals surface area contributed by atoms with E-state index in [-0.39, 0.29) is 16.8 Å². The Hall–Kier alpha value is -3.32. The molecule has 1 unspecified atom stereocenters. The van der Waals surface area contributed by atoms with Gasteiger partial charge in [-0.15, -0.1) is 18.2 Å². The Morgan fingerprint density at radius 3 is 2.60 bits per heavy atom. The van der Waals surface area contributed by atoms with Crippen LogP contribution in [-0.4, -0.2) is 126 Å². The maximum absolute atomic E-state index is 7.88. The van der Waals surface area contributed by atoms with Crippen LogP contribution in [0.25, 0.3) is 0 Å². The lowest BCUT2D eigenvalue weighted by Crippen LogP contribution is -2.60. The third-order valence-corrected chi connectivity index (χ3v) is 9.26. The fourth-order valence-corrected chi connectivity index (χ4v) is 6.60. The predicted molar refractivity (Wildman–Crippen MR) is 200 cm³/mol. The van der Waals surface area contributed by atoms with Gasteiger partial charge in [-0.1, -0.05) is 5.92 Å². The maximum atomic E-state index is 7.88. The Balaban J connectivity index is 1.20. The number of nitrogens with zero attached hydrogens (tertiary/aromatic N) is 4. The van der Waals surface area contributed by atoms with E-state index in [1.54, 1.807) is 30.6 Å². The van der Waals surface area contributed by atoms with Gasteiger partial charge in [-0.25, -0.2) is 4.99 Å². The topological polar surface area (TPSA) is 144 Å². The number of rotatable bonds is 15. The molecule has 3 aliphatic heterocycles. The number of anilines is 1. The summed E-state index contributed by atoms with van der Waals surface area (Å²) < 4.78 is 33.7. The molecule has 13 nitrogen and oxygen atoms in total. The summed E-state index contributed by atoms with van der Waals surface area (Å²) in [6.45, 7) is 9.12. The van der Waals surface area contributed by atoms with E-state index in [0.717, 1.165) is 67.4 Å². The summed E-state index contributed by atoms with van der Waals surface area (Å²) >= 11 is 7.78. The molecule has 0 radical (unpaired) electrons. The van der Waals surface area contributed by atoms with Crippen LogP contribution in [0.15, 0.2) is 50.0 Å². The molecule has 1 aromatic carbocycles. The van der Waals surface area contributed by atoms with Gasteiger partial charge in [0.2, 0.25) is 5.29 Å². The zero-order chi connectivity index (χ0) is 35.3. The SMILES string of the molecule is C#CCOCCOCCOCCOCCOc1ccc2c(c1)SCCCC1(CN=CN2)CN(C(=N/C(=N)Cl)/C2=C/OC(C)CCCN/N=C\2)C1. The summed E-state index contributed by atoms with van der Waals surface area (Å²) in [5.74, 6) is 4.74. The largest absolute Gasteiger partial charge is 0.498 e. The van der Waals surface area contributed by atoms with Crippen molar-refractivity contribution in [3.63, 3.8) is 0 Å². The fraction of sp³-hybridized carbons (Fsp3) is 0.600. The number of hydrogen-bond donors (Lipinski definition) is 3. The Bertz CT molecular complexity index is 1370. The van der Waals surface area contributed by atoms with Gasteiger partial charge in [0, 0.05) is 36.5 Å². The molecule has 4 rings (SSSR count). The number of fused-ring (bicyclic) bond motifs is 1. The molecule has 274 valence electrons. The monoisotopic (exact) mass is 731 g/mol. The smallest absolute Gasteiger partial charge is 0.216 e. The summed E-state index contributed by atoms with van der Waals surface area (Å²) in [4.78, 5) is 12.4. The first-order valence-corrected chi connectivity index (χ1v) is 18.4. The highest BCUT2D eigenvalue weighted by Crippen LogP contribution is 2.39. The normalized spacial score (nSPS) is 21.1. The van der Waals surface area contributed by atoms with E-state index in [1.165, 1.54) is 0 Å². The third kappa shape index (κ3) is 14.1. The number of likely N-dealkylation sites (tertiary alicyclic amines) is 1. The molecule has 1 aromatic rings. The van der Waals surface area contributed by atoms with Gasteiger partial charge in [0.1, 0.15) is 24.8 Å². The van der Waals surface area contributed by atoms with Gasteiger partial charge in [-0.05, 0) is 68.2 Å². The number of hydrogen-bond acceptors (Lipinski definition) is 12. The van der Waals surface area contributed by atoms with Crippen molar-refractivity contribution in [1.29, 1.82) is 5.41 Å². The molecule has 15 heteroatoms. The zero-order valence-electron chi connectivity index (χ0n) is 28.9. The van der Waals surface area contributed by atoms with E-state index in [4.69, 9.17) is 56.8 Å². The van der Waals surface area contributed by atoms with Crippen LogP contribution in [0.5, 0.6) is 5.75 Å². The molecular weight excluding hydrogens is 682 g/mol. The Labute approximate surface area is 305 Å². The summed E-state index contributed by atoms with van der Waals surface area (Å²) in [6.07, 6.45) is 14.2. The number of terminal acetylenes is 1. The Kier molecular flexibility index (Phi) is 17.7. The average Bonchev–Trinajstić information content (AvgIpc) is 3.13. The zero-order valence-corrected chi connectivity index (χ0v) is 30.4. The molecule has 1 atom stereocenters. The summed E-state index contributed by atoms with van der Waals surface area (Å²) in [7, 11) is 0. The van der Waals surface area contributed by atoms with Crippen molar-refractivity contribution < 1.29 is 28.4 Å². The van der Waals surface area contributed by atoms with Crippen LogP contribution < -0.4 is 15.5 Å². The van der Waals surface area contributed by atoms with Crippen LogP contribution in [0.4, 0.5) is 5.69 Å². The Morgan fingerprint density at radius 2 is 1.86 bits per heavy atom. The minimum atomic E-state index is -0.286. The van der Waals surface area contributed by atoms with Crippen LogP contribution in [0.2, 0.25) is 0 Å². The van der Waals surface area contributed by atoms with Crippen molar-refractivity contribution in [2.75, 3.05) is 96.7 Å². The molecule has 3 N–H and O–H groups in total. The summed E-state index contributed by atoms with van der Waals surface area (Å²) in [6, 6.07) is 6.05. The number of thioether (sulfide) groups is 1. The predicted octanol–water partition coefficient (Wildman–Crippen LogP) is 4.62. The number of amidine groups is 2. The van der Waals surface area contributed by atoms with Gasteiger partial charge < -0.3 is 44.1 Å². The van der Waals surface area contributed by atoms with Crippen molar-refractivity contribution >= 4 is 52.7 Å². The lowest BCUT2D eigenvalue weighted by atomic mass is 9.75. The van der Waals surface area contributed by atoms with Crippen LogP contribution in [0.3, 0.4) is 0 Å². The molecule has 0 bridgehead atoms. The molecule has 0 saturated carbocycles. The van der Waals surface area contributed by atoms with Crippen LogP contribution in [0.1, 0.15) is 32.6 Å². The lowest BCUT2D eigenvalue weighted by Gasteiger charge is -2.51. The third-order valence-electron chi connectivity index (χ3n) is 8.03. The van der Waals surface area contributed by atoms with Gasteiger partial charge in [0.15, 0.2) is 0 Å².